The Bertz CT molecular complexity index is 593. The average Bonchev–Trinajstić information content (AvgIpc) is 2.25. The Morgan fingerprint density at radius 2 is 2.05 bits per heavy atom. The van der Waals surface area contributed by atoms with Crippen LogP contribution in [0, 0.1) is 11.3 Å². The van der Waals surface area contributed by atoms with Gasteiger partial charge in [0.05, 0.1) is 11.8 Å². The van der Waals surface area contributed by atoms with Crippen molar-refractivity contribution >= 4 is 15.7 Å². The van der Waals surface area contributed by atoms with Crippen molar-refractivity contribution in [1.29, 1.82) is 5.26 Å². The molecule has 0 aliphatic heterocycles. The smallest absolute Gasteiger partial charge is 0.406 e. The summed E-state index contributed by atoms with van der Waals surface area (Å²) in [4.78, 5) is 0. The first-order valence-corrected chi connectivity index (χ1v) is 6.46. The third kappa shape index (κ3) is 4.67. The molecule has 0 heterocycles. The number of alkyl halides is 3. The molecule has 0 saturated heterocycles. The molecule has 1 rings (SSSR count). The van der Waals surface area contributed by atoms with Crippen LogP contribution >= 0.6 is 0 Å². The van der Waals surface area contributed by atoms with Gasteiger partial charge >= 0.3 is 6.36 Å². The van der Waals surface area contributed by atoms with Crippen LogP contribution in [0.2, 0.25) is 0 Å². The lowest BCUT2D eigenvalue weighted by Gasteiger charge is -2.12. The van der Waals surface area contributed by atoms with Crippen molar-refractivity contribution in [3.63, 3.8) is 0 Å². The molecule has 0 aliphatic carbocycles. The molecule has 0 fully saturated rings. The first-order chi connectivity index (χ1) is 8.64. The maximum Gasteiger partial charge on any atom is 0.573 e. The number of rotatable bonds is 4. The van der Waals surface area contributed by atoms with Crippen molar-refractivity contribution in [1.82, 2.24) is 0 Å². The van der Waals surface area contributed by atoms with Crippen molar-refractivity contribution in [2.45, 2.75) is 18.5 Å². The highest BCUT2D eigenvalue weighted by Crippen LogP contribution is 2.25. The van der Waals surface area contributed by atoms with E-state index in [-0.39, 0.29) is 5.69 Å². The van der Waals surface area contributed by atoms with E-state index >= 15 is 0 Å². The summed E-state index contributed by atoms with van der Waals surface area (Å²) in [5.74, 6) is -0.558. The van der Waals surface area contributed by atoms with E-state index in [9.17, 15) is 21.6 Å². The molecular weight excluding hydrogens is 285 g/mol. The highest BCUT2D eigenvalue weighted by molar-refractivity contribution is 7.93. The van der Waals surface area contributed by atoms with E-state index in [0.29, 0.717) is 0 Å². The molecular formula is C10H9F3N2O3S. The van der Waals surface area contributed by atoms with E-state index in [1.165, 1.54) is 18.2 Å². The lowest BCUT2D eigenvalue weighted by atomic mass is 10.3. The van der Waals surface area contributed by atoms with Crippen LogP contribution in [0.25, 0.3) is 0 Å². The molecule has 0 amide bonds. The van der Waals surface area contributed by atoms with E-state index in [0.717, 1.165) is 19.1 Å². The molecule has 0 radical (unpaired) electrons. The minimum atomic E-state index is -4.86. The molecule has 0 spiro atoms. The molecule has 104 valence electrons. The maximum absolute atomic E-state index is 12.0. The molecule has 1 unspecified atom stereocenters. The molecule has 0 aliphatic rings. The number of nitriles is 1. The molecule has 1 aromatic carbocycles. The second-order valence-electron chi connectivity index (χ2n) is 3.49. The van der Waals surface area contributed by atoms with Crippen molar-refractivity contribution in [3.05, 3.63) is 24.3 Å². The zero-order valence-corrected chi connectivity index (χ0v) is 10.4. The van der Waals surface area contributed by atoms with E-state index < -0.39 is 27.4 Å². The molecule has 9 heteroatoms. The highest BCUT2D eigenvalue weighted by Gasteiger charge is 2.31. The number of halogens is 3. The Kier molecular flexibility index (Phi) is 4.26. The molecule has 0 bridgehead atoms. The van der Waals surface area contributed by atoms with E-state index in [1.807, 2.05) is 4.72 Å². The van der Waals surface area contributed by atoms with E-state index in [2.05, 4.69) is 4.74 Å². The van der Waals surface area contributed by atoms with Gasteiger partial charge in [0, 0.05) is 6.07 Å². The van der Waals surface area contributed by atoms with Crippen LogP contribution in [-0.4, -0.2) is 20.0 Å². The molecule has 5 nitrogen and oxygen atoms in total. The summed E-state index contributed by atoms with van der Waals surface area (Å²) >= 11 is 0. The number of nitrogens with one attached hydrogen (secondary N) is 1. The minimum absolute atomic E-state index is 0.121. The van der Waals surface area contributed by atoms with Crippen LogP contribution in [0.5, 0.6) is 5.75 Å². The van der Waals surface area contributed by atoms with Gasteiger partial charge in [0.25, 0.3) is 0 Å². The molecule has 1 atom stereocenters. The predicted molar refractivity (Wildman–Crippen MR) is 60.7 cm³/mol. The molecule has 0 saturated carbocycles. The quantitative estimate of drug-likeness (QED) is 0.923. The van der Waals surface area contributed by atoms with Crippen molar-refractivity contribution < 1.29 is 26.3 Å². The maximum atomic E-state index is 12.0. The fraction of sp³-hybridized carbons (Fsp3) is 0.300. The van der Waals surface area contributed by atoms with Crippen LogP contribution in [0.15, 0.2) is 24.3 Å². The summed E-state index contributed by atoms with van der Waals surface area (Å²) in [7, 11) is -3.97. The summed E-state index contributed by atoms with van der Waals surface area (Å²) in [5, 5.41) is 7.18. The zero-order valence-electron chi connectivity index (χ0n) is 9.60. The number of benzene rings is 1. The molecule has 19 heavy (non-hydrogen) atoms. The van der Waals surface area contributed by atoms with Gasteiger partial charge < -0.3 is 4.74 Å². The topological polar surface area (TPSA) is 79.2 Å². The summed E-state index contributed by atoms with van der Waals surface area (Å²) in [6.07, 6.45) is -4.86. The monoisotopic (exact) mass is 294 g/mol. The standard InChI is InChI=1S/C10H9F3N2O3S/c1-7(6-14)19(16,17)15-8-3-2-4-9(5-8)18-10(11,12)13/h2-5,7,15H,1H3. The van der Waals surface area contributed by atoms with Crippen LogP contribution in [-0.2, 0) is 10.0 Å². The normalized spacial score (nSPS) is 13.4. The summed E-state index contributed by atoms with van der Waals surface area (Å²) < 4.78 is 64.7. The molecule has 1 aromatic rings. The van der Waals surface area contributed by atoms with Gasteiger partial charge in [-0.2, -0.15) is 5.26 Å². The van der Waals surface area contributed by atoms with Gasteiger partial charge in [-0.25, -0.2) is 8.42 Å². The zero-order chi connectivity index (χ0) is 14.7. The van der Waals surface area contributed by atoms with Gasteiger partial charge in [0.1, 0.15) is 5.75 Å². The van der Waals surface area contributed by atoms with Gasteiger partial charge in [-0.1, -0.05) is 6.07 Å². The fourth-order valence-corrected chi connectivity index (χ4v) is 1.85. The third-order valence-corrected chi connectivity index (χ3v) is 3.53. The number of anilines is 1. The summed E-state index contributed by atoms with van der Waals surface area (Å²) in [6, 6.07) is 5.84. The fourth-order valence-electron chi connectivity index (χ4n) is 1.08. The Morgan fingerprint density at radius 1 is 1.42 bits per heavy atom. The summed E-state index contributed by atoms with van der Waals surface area (Å²) in [6.45, 7) is 1.15. The van der Waals surface area contributed by atoms with Crippen molar-refractivity contribution in [2.24, 2.45) is 0 Å². The second kappa shape index (κ2) is 5.36. The van der Waals surface area contributed by atoms with Crippen LogP contribution in [0.3, 0.4) is 0 Å². The Labute approximate surface area is 107 Å². The number of nitrogens with zero attached hydrogens (tertiary/aromatic N) is 1. The number of hydrogen-bond donors (Lipinski definition) is 1. The average molecular weight is 294 g/mol. The van der Waals surface area contributed by atoms with Gasteiger partial charge in [-0.15, -0.1) is 13.2 Å². The third-order valence-electron chi connectivity index (χ3n) is 1.97. The van der Waals surface area contributed by atoms with Crippen molar-refractivity contribution in [3.8, 4) is 11.8 Å². The minimum Gasteiger partial charge on any atom is -0.406 e. The second-order valence-corrected chi connectivity index (χ2v) is 5.50. The Hall–Kier alpha value is -1.95. The van der Waals surface area contributed by atoms with Gasteiger partial charge in [0.2, 0.25) is 10.0 Å². The van der Waals surface area contributed by atoms with Gasteiger partial charge in [-0.05, 0) is 19.1 Å². The first kappa shape index (κ1) is 15.1. The van der Waals surface area contributed by atoms with Crippen LogP contribution < -0.4 is 9.46 Å². The number of sulfonamides is 1. The number of ether oxygens (including phenoxy) is 1. The van der Waals surface area contributed by atoms with Crippen LogP contribution in [0.4, 0.5) is 18.9 Å². The predicted octanol–water partition coefficient (Wildman–Crippen LogP) is 2.24. The van der Waals surface area contributed by atoms with Gasteiger partial charge in [0.15, 0.2) is 5.25 Å². The lowest BCUT2D eigenvalue weighted by Crippen LogP contribution is -2.24. The lowest BCUT2D eigenvalue weighted by molar-refractivity contribution is -0.274. The summed E-state index contributed by atoms with van der Waals surface area (Å²) in [5.41, 5.74) is -0.121. The SMILES string of the molecule is CC(C#N)S(=O)(=O)Nc1cccc(OC(F)(F)F)c1. The van der Waals surface area contributed by atoms with E-state index in [4.69, 9.17) is 5.26 Å². The van der Waals surface area contributed by atoms with Crippen molar-refractivity contribution in [2.75, 3.05) is 4.72 Å². The van der Waals surface area contributed by atoms with Crippen LogP contribution in [0.1, 0.15) is 6.92 Å². The largest absolute Gasteiger partial charge is 0.573 e. The first-order valence-electron chi connectivity index (χ1n) is 4.91. The molecule has 0 aromatic heterocycles. The number of hydrogen-bond acceptors (Lipinski definition) is 4. The highest BCUT2D eigenvalue weighted by atomic mass is 32.2. The molecule has 1 N–H and O–H groups in total. The Balaban J connectivity index is 2.93. The van der Waals surface area contributed by atoms with Gasteiger partial charge in [-0.3, -0.25) is 4.72 Å². The van der Waals surface area contributed by atoms with E-state index in [1.54, 1.807) is 0 Å². The Morgan fingerprint density at radius 3 is 2.58 bits per heavy atom.